The summed E-state index contributed by atoms with van der Waals surface area (Å²) < 4.78 is 5.23. The summed E-state index contributed by atoms with van der Waals surface area (Å²) in [5.74, 6) is -1.26. The number of amides is 3. The van der Waals surface area contributed by atoms with Crippen LogP contribution in [-0.4, -0.2) is 64.8 Å². The van der Waals surface area contributed by atoms with Crippen LogP contribution in [0.3, 0.4) is 0 Å². The highest BCUT2D eigenvalue weighted by atomic mass is 16.6. The van der Waals surface area contributed by atoms with Crippen molar-refractivity contribution in [2.75, 3.05) is 13.1 Å². The summed E-state index contributed by atoms with van der Waals surface area (Å²) in [4.78, 5) is 37.7. The first-order chi connectivity index (χ1) is 11.5. The van der Waals surface area contributed by atoms with Gasteiger partial charge in [-0.2, -0.15) is 0 Å². The van der Waals surface area contributed by atoms with Gasteiger partial charge in [0.25, 0.3) is 0 Å². The van der Waals surface area contributed by atoms with Gasteiger partial charge in [-0.15, -0.1) is 0 Å². The van der Waals surface area contributed by atoms with Crippen molar-refractivity contribution in [3.05, 3.63) is 0 Å². The van der Waals surface area contributed by atoms with E-state index in [0.29, 0.717) is 19.5 Å². The predicted octanol–water partition coefficient (Wildman–Crippen LogP) is 0.244. The van der Waals surface area contributed by atoms with Gasteiger partial charge in [0.1, 0.15) is 5.60 Å². The molecule has 0 saturated carbocycles. The molecule has 1 unspecified atom stereocenters. The summed E-state index contributed by atoms with van der Waals surface area (Å²) >= 11 is 0. The lowest BCUT2D eigenvalue weighted by Gasteiger charge is -2.42. The highest BCUT2D eigenvalue weighted by molar-refractivity contribution is 5.90. The van der Waals surface area contributed by atoms with Crippen LogP contribution >= 0.6 is 0 Å². The number of alkyl carbamates (subject to hydrolysis) is 1. The Balaban J connectivity index is 1.86. The number of ether oxygens (including phenoxy) is 1. The maximum absolute atomic E-state index is 12.7. The third-order valence-corrected chi connectivity index (χ3v) is 4.67. The number of carbonyl (C=O) groups excluding carboxylic acids is 3. The van der Waals surface area contributed by atoms with E-state index in [2.05, 4.69) is 10.6 Å². The van der Waals surface area contributed by atoms with Gasteiger partial charge >= 0.3 is 6.09 Å². The van der Waals surface area contributed by atoms with Crippen molar-refractivity contribution in [3.8, 4) is 0 Å². The standard InChI is InChI=1S/C17H29N3O5/c1-9(13-12(10(2)21)14(22)19-13)15(23)20-7-6-11(8-20)18-16(24)25-17(3,4)5/h9-13,21H,6-8H2,1-5H3,(H,18,24)(H,19,22)/t9-,10-,11?,12-,13-/m1/s1. The molecule has 142 valence electrons. The fourth-order valence-electron chi connectivity index (χ4n) is 3.37. The Morgan fingerprint density at radius 3 is 2.52 bits per heavy atom. The maximum Gasteiger partial charge on any atom is 0.407 e. The van der Waals surface area contributed by atoms with Gasteiger partial charge in [-0.25, -0.2) is 4.79 Å². The van der Waals surface area contributed by atoms with Gasteiger partial charge in [-0.05, 0) is 34.1 Å². The zero-order chi connectivity index (χ0) is 18.9. The van der Waals surface area contributed by atoms with Crippen molar-refractivity contribution in [3.63, 3.8) is 0 Å². The lowest BCUT2D eigenvalue weighted by Crippen LogP contribution is -2.66. The van der Waals surface area contributed by atoms with Crippen LogP contribution in [0.5, 0.6) is 0 Å². The van der Waals surface area contributed by atoms with Crippen LogP contribution in [0, 0.1) is 11.8 Å². The summed E-state index contributed by atoms with van der Waals surface area (Å²) in [5, 5.41) is 15.2. The molecule has 2 heterocycles. The first-order valence-corrected chi connectivity index (χ1v) is 8.76. The SMILES string of the molecule is C[C@@H](O)[C@H]1C(=O)N[C@@H]1[C@@H](C)C(=O)N1CCC(NC(=O)OC(C)(C)C)C1. The first-order valence-electron chi connectivity index (χ1n) is 8.76. The van der Waals surface area contributed by atoms with Crippen LogP contribution in [-0.2, 0) is 14.3 Å². The normalized spacial score (nSPS) is 28.6. The van der Waals surface area contributed by atoms with Crippen molar-refractivity contribution < 1.29 is 24.2 Å². The second-order valence-electron chi connectivity index (χ2n) is 8.01. The molecule has 0 bridgehead atoms. The number of β-lactam (4-membered cyclic amide) rings is 1. The molecular weight excluding hydrogens is 326 g/mol. The fraction of sp³-hybridized carbons (Fsp3) is 0.824. The molecule has 2 saturated heterocycles. The van der Waals surface area contributed by atoms with E-state index in [1.165, 1.54) is 0 Å². The van der Waals surface area contributed by atoms with Gasteiger partial charge in [0.15, 0.2) is 0 Å². The number of rotatable bonds is 4. The second kappa shape index (κ2) is 7.19. The van der Waals surface area contributed by atoms with Crippen molar-refractivity contribution in [2.45, 2.75) is 64.8 Å². The van der Waals surface area contributed by atoms with Crippen molar-refractivity contribution in [1.82, 2.24) is 15.5 Å². The lowest BCUT2D eigenvalue weighted by molar-refractivity contribution is -0.148. The summed E-state index contributed by atoms with van der Waals surface area (Å²) in [7, 11) is 0. The molecule has 3 amide bonds. The van der Waals surface area contributed by atoms with Crippen LogP contribution in [0.4, 0.5) is 4.79 Å². The predicted molar refractivity (Wildman–Crippen MR) is 90.6 cm³/mol. The van der Waals surface area contributed by atoms with E-state index in [0.717, 1.165) is 0 Å². The van der Waals surface area contributed by atoms with Gasteiger partial charge in [0.05, 0.1) is 30.0 Å². The minimum absolute atomic E-state index is 0.0795. The molecule has 8 nitrogen and oxygen atoms in total. The molecule has 0 aromatic heterocycles. The summed E-state index contributed by atoms with van der Waals surface area (Å²) in [6.07, 6.45) is -0.608. The molecule has 0 radical (unpaired) electrons. The van der Waals surface area contributed by atoms with Crippen LogP contribution in [0.15, 0.2) is 0 Å². The molecule has 8 heteroatoms. The van der Waals surface area contributed by atoms with Gasteiger partial charge in [-0.1, -0.05) is 6.92 Å². The highest BCUT2D eigenvalue weighted by Crippen LogP contribution is 2.27. The number of likely N-dealkylation sites (tertiary alicyclic amines) is 1. The molecule has 25 heavy (non-hydrogen) atoms. The number of aliphatic hydroxyl groups excluding tert-OH is 1. The van der Waals surface area contributed by atoms with Gasteiger partial charge < -0.3 is 25.4 Å². The van der Waals surface area contributed by atoms with E-state index in [1.807, 2.05) is 0 Å². The fourth-order valence-corrected chi connectivity index (χ4v) is 3.37. The smallest absolute Gasteiger partial charge is 0.407 e. The Bertz CT molecular complexity index is 543. The molecule has 2 rings (SSSR count). The molecule has 0 aromatic rings. The Morgan fingerprint density at radius 1 is 1.36 bits per heavy atom. The summed E-state index contributed by atoms with van der Waals surface area (Å²) in [6, 6.07) is -0.493. The average Bonchev–Trinajstić information content (AvgIpc) is 2.88. The third kappa shape index (κ3) is 4.62. The number of nitrogens with zero attached hydrogens (tertiary/aromatic N) is 1. The third-order valence-electron chi connectivity index (χ3n) is 4.67. The van der Waals surface area contributed by atoms with E-state index in [-0.39, 0.29) is 23.9 Å². The molecule has 3 N–H and O–H groups in total. The molecule has 2 aliphatic rings. The number of nitrogens with one attached hydrogen (secondary N) is 2. The lowest BCUT2D eigenvalue weighted by atomic mass is 9.78. The van der Waals surface area contributed by atoms with E-state index >= 15 is 0 Å². The number of aliphatic hydroxyl groups is 1. The number of hydrogen-bond donors (Lipinski definition) is 3. The van der Waals surface area contributed by atoms with E-state index in [9.17, 15) is 19.5 Å². The molecule has 0 aliphatic carbocycles. The van der Waals surface area contributed by atoms with Gasteiger partial charge in [-0.3, -0.25) is 9.59 Å². The minimum Gasteiger partial charge on any atom is -0.444 e. The summed E-state index contributed by atoms with van der Waals surface area (Å²) in [5.41, 5.74) is -0.564. The average molecular weight is 355 g/mol. The van der Waals surface area contributed by atoms with Crippen molar-refractivity contribution in [1.29, 1.82) is 0 Å². The Labute approximate surface area is 148 Å². The van der Waals surface area contributed by atoms with E-state index in [4.69, 9.17) is 4.74 Å². The second-order valence-corrected chi connectivity index (χ2v) is 8.01. The van der Waals surface area contributed by atoms with Crippen LogP contribution in [0.1, 0.15) is 41.0 Å². The van der Waals surface area contributed by atoms with E-state index in [1.54, 1.807) is 39.5 Å². The molecule has 5 atom stereocenters. The Kier molecular flexibility index (Phi) is 5.61. The van der Waals surface area contributed by atoms with Crippen LogP contribution < -0.4 is 10.6 Å². The Morgan fingerprint density at radius 2 is 2.00 bits per heavy atom. The molecular formula is C17H29N3O5. The first kappa shape index (κ1) is 19.5. The van der Waals surface area contributed by atoms with Crippen molar-refractivity contribution >= 4 is 17.9 Å². The molecule has 0 aromatic carbocycles. The maximum atomic E-state index is 12.7. The quantitative estimate of drug-likeness (QED) is 0.626. The largest absolute Gasteiger partial charge is 0.444 e. The molecule has 2 fully saturated rings. The van der Waals surface area contributed by atoms with Gasteiger partial charge in [0.2, 0.25) is 11.8 Å². The highest BCUT2D eigenvalue weighted by Gasteiger charge is 2.48. The molecule has 0 spiro atoms. The minimum atomic E-state index is -0.783. The van der Waals surface area contributed by atoms with E-state index < -0.39 is 29.6 Å². The Hall–Kier alpha value is -1.83. The topological polar surface area (TPSA) is 108 Å². The zero-order valence-electron chi connectivity index (χ0n) is 15.5. The van der Waals surface area contributed by atoms with Gasteiger partial charge in [0, 0.05) is 13.1 Å². The molecule has 2 aliphatic heterocycles. The van der Waals surface area contributed by atoms with Crippen molar-refractivity contribution in [2.24, 2.45) is 11.8 Å². The summed E-state index contributed by atoms with van der Waals surface area (Å²) in [6.45, 7) is 9.67. The van der Waals surface area contributed by atoms with Crippen LogP contribution in [0.25, 0.3) is 0 Å². The van der Waals surface area contributed by atoms with Crippen LogP contribution in [0.2, 0.25) is 0 Å². The zero-order valence-corrected chi connectivity index (χ0v) is 15.5. The number of carbonyl (C=O) groups is 3. The number of hydrogen-bond acceptors (Lipinski definition) is 5. The monoisotopic (exact) mass is 355 g/mol.